The second-order valence-electron chi connectivity index (χ2n) is 7.89. The molecule has 4 rings (SSSR count). The molecule has 3 aromatic rings. The van der Waals surface area contributed by atoms with Gasteiger partial charge in [0, 0.05) is 36.8 Å². The molecule has 1 aliphatic rings. The summed E-state index contributed by atoms with van der Waals surface area (Å²) >= 11 is 0. The van der Waals surface area contributed by atoms with Crippen molar-refractivity contribution in [3.63, 3.8) is 0 Å². The Morgan fingerprint density at radius 3 is 2.88 bits per heavy atom. The Bertz CT molecular complexity index is 1030. The van der Waals surface area contributed by atoms with Crippen LogP contribution in [0.25, 0.3) is 5.69 Å². The zero-order valence-electron chi connectivity index (χ0n) is 18.8. The number of aryl methyl sites for hydroxylation is 1. The Labute approximate surface area is 189 Å². The number of hydrogen-bond acceptors (Lipinski definition) is 4. The lowest BCUT2D eigenvalue weighted by molar-refractivity contribution is 0.140. The van der Waals surface area contributed by atoms with Crippen LogP contribution >= 0.6 is 0 Å². The molecule has 0 spiro atoms. The van der Waals surface area contributed by atoms with Crippen LogP contribution in [0.15, 0.2) is 65.9 Å². The van der Waals surface area contributed by atoms with Gasteiger partial charge in [-0.3, -0.25) is 0 Å². The van der Waals surface area contributed by atoms with E-state index < -0.39 is 0 Å². The number of benzene rings is 2. The Hall–Kier alpha value is -3.32. The molecule has 0 aliphatic carbocycles. The van der Waals surface area contributed by atoms with E-state index >= 15 is 0 Å². The monoisotopic (exact) mass is 433 g/mol. The maximum Gasteiger partial charge on any atom is 0.191 e. The summed E-state index contributed by atoms with van der Waals surface area (Å²) in [5.74, 6) is 1.67. The van der Waals surface area contributed by atoms with Gasteiger partial charge in [0.2, 0.25) is 0 Å². The van der Waals surface area contributed by atoms with E-state index in [1.165, 1.54) is 5.56 Å². The van der Waals surface area contributed by atoms with Crippen LogP contribution in [-0.2, 0) is 17.8 Å². The van der Waals surface area contributed by atoms with Crippen LogP contribution in [-0.4, -0.2) is 41.6 Å². The summed E-state index contributed by atoms with van der Waals surface area (Å²) in [6.07, 6.45) is 4.92. The number of guanidine groups is 1. The molecule has 2 N–H and O–H groups in total. The van der Waals surface area contributed by atoms with Gasteiger partial charge in [0.25, 0.3) is 0 Å². The first kappa shape index (κ1) is 21.9. The molecule has 0 radical (unpaired) electrons. The first-order valence-electron chi connectivity index (χ1n) is 11.2. The van der Waals surface area contributed by atoms with E-state index in [0.717, 1.165) is 48.1 Å². The fourth-order valence-electron chi connectivity index (χ4n) is 3.56. The molecule has 7 nitrogen and oxygen atoms in total. The van der Waals surface area contributed by atoms with Gasteiger partial charge in [0.05, 0.1) is 31.6 Å². The number of aliphatic imine (C=N–C) groups is 1. The fraction of sp³-hybridized carbons (Fsp3) is 0.360. The summed E-state index contributed by atoms with van der Waals surface area (Å²) < 4.78 is 13.5. The Balaban J connectivity index is 1.40. The molecule has 1 aliphatic heterocycles. The van der Waals surface area contributed by atoms with Crippen LogP contribution in [0.3, 0.4) is 0 Å². The van der Waals surface area contributed by atoms with Gasteiger partial charge in [-0.2, -0.15) is 5.10 Å². The highest BCUT2D eigenvalue weighted by Crippen LogP contribution is 2.23. The predicted octanol–water partition coefficient (Wildman–Crippen LogP) is 3.60. The number of hydrogen-bond donors (Lipinski definition) is 2. The van der Waals surface area contributed by atoms with Crippen molar-refractivity contribution in [2.75, 3.05) is 19.8 Å². The van der Waals surface area contributed by atoms with Crippen LogP contribution < -0.4 is 15.4 Å². The van der Waals surface area contributed by atoms with Gasteiger partial charge in [-0.05, 0) is 37.6 Å². The summed E-state index contributed by atoms with van der Waals surface area (Å²) in [6.45, 7) is 7.51. The third-order valence-electron chi connectivity index (χ3n) is 5.27. The van der Waals surface area contributed by atoms with Gasteiger partial charge in [-0.15, -0.1) is 0 Å². The third kappa shape index (κ3) is 5.88. The summed E-state index contributed by atoms with van der Waals surface area (Å²) in [5.41, 5.74) is 4.36. The minimum atomic E-state index is 0.124. The molecular weight excluding hydrogens is 402 g/mol. The first-order valence-corrected chi connectivity index (χ1v) is 11.2. The molecule has 7 heteroatoms. The van der Waals surface area contributed by atoms with Crippen molar-refractivity contribution in [2.24, 2.45) is 4.99 Å². The van der Waals surface area contributed by atoms with Crippen LogP contribution in [0.2, 0.25) is 0 Å². The Morgan fingerprint density at radius 1 is 1.22 bits per heavy atom. The Kier molecular flexibility index (Phi) is 7.40. The predicted molar refractivity (Wildman–Crippen MR) is 126 cm³/mol. The van der Waals surface area contributed by atoms with E-state index in [9.17, 15) is 0 Å². The summed E-state index contributed by atoms with van der Waals surface area (Å²) in [7, 11) is 0. The molecule has 1 atom stereocenters. The highest BCUT2D eigenvalue weighted by atomic mass is 16.5. The average molecular weight is 434 g/mol. The van der Waals surface area contributed by atoms with Crippen LogP contribution in [0.1, 0.15) is 30.0 Å². The van der Waals surface area contributed by atoms with Crippen molar-refractivity contribution in [3.8, 4) is 11.4 Å². The van der Waals surface area contributed by atoms with Crippen molar-refractivity contribution < 1.29 is 9.47 Å². The van der Waals surface area contributed by atoms with Gasteiger partial charge < -0.3 is 20.1 Å². The minimum Gasteiger partial charge on any atom is -0.488 e. The van der Waals surface area contributed by atoms with E-state index in [4.69, 9.17) is 14.5 Å². The van der Waals surface area contributed by atoms with Gasteiger partial charge in [-0.25, -0.2) is 9.67 Å². The van der Waals surface area contributed by atoms with Crippen LogP contribution in [0.4, 0.5) is 0 Å². The van der Waals surface area contributed by atoms with E-state index in [1.807, 2.05) is 47.4 Å². The third-order valence-corrected chi connectivity index (χ3v) is 5.27. The maximum absolute atomic E-state index is 6.22. The quantitative estimate of drug-likeness (QED) is 0.419. The molecule has 1 unspecified atom stereocenters. The zero-order chi connectivity index (χ0) is 22.2. The molecule has 0 bridgehead atoms. The first-order chi connectivity index (χ1) is 15.7. The smallest absolute Gasteiger partial charge is 0.191 e. The summed E-state index contributed by atoms with van der Waals surface area (Å²) in [6, 6.07) is 16.4. The minimum absolute atomic E-state index is 0.124. The van der Waals surface area contributed by atoms with E-state index in [1.54, 1.807) is 0 Å². The maximum atomic E-state index is 6.22. The highest BCUT2D eigenvalue weighted by molar-refractivity contribution is 5.79. The van der Waals surface area contributed by atoms with E-state index in [-0.39, 0.29) is 6.10 Å². The molecule has 1 saturated heterocycles. The molecule has 2 heterocycles. The number of aromatic nitrogens is 2. The van der Waals surface area contributed by atoms with Gasteiger partial charge in [0.15, 0.2) is 5.96 Å². The molecular formula is C25H31N5O2. The topological polar surface area (TPSA) is 72.7 Å². The summed E-state index contributed by atoms with van der Waals surface area (Å²) in [5, 5.41) is 11.2. The lowest BCUT2D eigenvalue weighted by Gasteiger charge is -2.18. The van der Waals surface area contributed by atoms with Gasteiger partial charge in [-0.1, -0.05) is 30.3 Å². The molecule has 0 saturated carbocycles. The number of nitrogens with zero attached hydrogens (tertiary/aromatic N) is 3. The number of nitrogens with one attached hydrogen (secondary N) is 2. The van der Waals surface area contributed by atoms with E-state index in [0.29, 0.717) is 19.7 Å². The largest absolute Gasteiger partial charge is 0.488 e. The molecule has 2 aromatic carbocycles. The normalized spacial score (nSPS) is 16.2. The highest BCUT2D eigenvalue weighted by Gasteiger charge is 2.18. The van der Waals surface area contributed by atoms with Crippen molar-refractivity contribution in [2.45, 2.75) is 39.5 Å². The molecule has 168 valence electrons. The number of rotatable bonds is 8. The van der Waals surface area contributed by atoms with Crippen molar-refractivity contribution in [1.82, 2.24) is 20.4 Å². The Morgan fingerprint density at radius 2 is 2.09 bits per heavy atom. The van der Waals surface area contributed by atoms with Gasteiger partial charge >= 0.3 is 0 Å². The lowest BCUT2D eigenvalue weighted by atomic mass is 10.1. The average Bonchev–Trinajstić information content (AvgIpc) is 3.50. The van der Waals surface area contributed by atoms with Crippen molar-refractivity contribution in [1.29, 1.82) is 0 Å². The van der Waals surface area contributed by atoms with Crippen LogP contribution in [0, 0.1) is 6.92 Å². The standard InChI is InChI=1S/C25H31N5O2/c1-3-26-25(27-14-20-15-29-30(17-20)22-7-5-4-6-8-22)28-16-21-10-9-19(2)13-24(21)32-23-11-12-31-18-23/h4-10,13,15,17,23H,3,11-12,14,16,18H2,1-2H3,(H2,26,27,28). The number of para-hydroxylation sites is 1. The van der Waals surface area contributed by atoms with E-state index in [2.05, 4.69) is 47.8 Å². The lowest BCUT2D eigenvalue weighted by Crippen LogP contribution is -2.37. The SMILES string of the molecule is CCNC(=NCc1cnn(-c2ccccc2)c1)NCc1ccc(C)cc1OC1CCOC1. The molecule has 1 aromatic heterocycles. The second-order valence-corrected chi connectivity index (χ2v) is 7.89. The van der Waals surface area contributed by atoms with Crippen molar-refractivity contribution >= 4 is 5.96 Å². The van der Waals surface area contributed by atoms with Gasteiger partial charge in [0.1, 0.15) is 11.9 Å². The summed E-state index contributed by atoms with van der Waals surface area (Å²) in [4.78, 5) is 4.74. The van der Waals surface area contributed by atoms with Crippen LogP contribution in [0.5, 0.6) is 5.75 Å². The molecule has 32 heavy (non-hydrogen) atoms. The molecule has 0 amide bonds. The number of ether oxygens (including phenoxy) is 2. The fourth-order valence-corrected chi connectivity index (χ4v) is 3.56. The van der Waals surface area contributed by atoms with Crippen molar-refractivity contribution in [3.05, 3.63) is 77.6 Å². The second kappa shape index (κ2) is 10.8. The zero-order valence-corrected chi connectivity index (χ0v) is 18.8. The molecule has 1 fully saturated rings.